The first-order valence-corrected chi connectivity index (χ1v) is 12.8. The van der Waals surface area contributed by atoms with Crippen LogP contribution in [0.25, 0.3) is 0 Å². The second-order valence-electron chi connectivity index (χ2n) is 10.8. The summed E-state index contributed by atoms with van der Waals surface area (Å²) >= 11 is 0. The highest BCUT2D eigenvalue weighted by atomic mass is 127. The molecule has 0 saturated heterocycles. The van der Waals surface area contributed by atoms with Crippen LogP contribution < -0.4 is 16.0 Å². The highest BCUT2D eigenvalue weighted by Gasteiger charge is 2.20. The summed E-state index contributed by atoms with van der Waals surface area (Å²) in [4.78, 5) is 29.0. The number of anilines is 4. The number of pyridine rings is 1. The third-order valence-electron chi connectivity index (χ3n) is 6.19. The van der Waals surface area contributed by atoms with Gasteiger partial charge in [-0.15, -0.1) is 30.6 Å². The molecule has 1 aliphatic rings. The number of aromatic nitrogens is 3. The summed E-state index contributed by atoms with van der Waals surface area (Å²) < 4.78 is 0. The molecule has 0 radical (unpaired) electrons. The molecule has 204 valence electrons. The van der Waals surface area contributed by atoms with Crippen LogP contribution in [-0.4, -0.2) is 44.9 Å². The van der Waals surface area contributed by atoms with Gasteiger partial charge in [0.15, 0.2) is 0 Å². The molecule has 2 aromatic heterocycles. The number of carbonyl (C=O) groups excluding carboxylic acids is 1. The highest BCUT2D eigenvalue weighted by Crippen LogP contribution is 2.27. The van der Waals surface area contributed by atoms with E-state index in [4.69, 9.17) is 4.98 Å². The molecule has 8 nitrogen and oxygen atoms in total. The van der Waals surface area contributed by atoms with Crippen LogP contribution in [0.5, 0.6) is 0 Å². The van der Waals surface area contributed by atoms with Gasteiger partial charge in [-0.25, -0.2) is 4.98 Å². The van der Waals surface area contributed by atoms with Gasteiger partial charge in [-0.2, -0.15) is 4.98 Å². The summed E-state index contributed by atoms with van der Waals surface area (Å²) in [5.74, 6) is 0.606. The first kappa shape index (κ1) is 29.5. The molecule has 1 amide bonds. The fraction of sp³-hybridized carbons (Fsp3) is 0.379. The number of hydrogen-bond donors (Lipinski definition) is 3. The predicted octanol–water partition coefficient (Wildman–Crippen LogP) is 6.20. The Bertz CT molecular complexity index is 1290. The van der Waals surface area contributed by atoms with Crippen molar-refractivity contribution in [2.75, 3.05) is 23.7 Å². The molecule has 9 heteroatoms. The van der Waals surface area contributed by atoms with E-state index in [0.717, 1.165) is 43.1 Å². The average Bonchev–Trinajstić information content (AvgIpc) is 2.83. The Kier molecular flexibility index (Phi) is 9.83. The summed E-state index contributed by atoms with van der Waals surface area (Å²) in [6.45, 7) is 16.9. The molecule has 0 aliphatic carbocycles. The third kappa shape index (κ3) is 7.50. The molecular formula is C29H40IN7O. The van der Waals surface area contributed by atoms with Gasteiger partial charge in [-0.3, -0.25) is 14.7 Å². The number of rotatable bonds is 8. The number of benzene rings is 1. The summed E-state index contributed by atoms with van der Waals surface area (Å²) in [7, 11) is 0. The van der Waals surface area contributed by atoms with E-state index in [1.165, 1.54) is 11.1 Å². The molecule has 3 aromatic rings. The van der Waals surface area contributed by atoms with Crippen molar-refractivity contribution in [3.63, 3.8) is 0 Å². The maximum atomic E-state index is 12.9. The van der Waals surface area contributed by atoms with Crippen molar-refractivity contribution in [3.05, 3.63) is 77.8 Å². The Labute approximate surface area is 244 Å². The first-order valence-electron chi connectivity index (χ1n) is 12.8. The molecule has 0 saturated carbocycles. The number of hydrogen-bond acceptors (Lipinski definition) is 7. The maximum Gasteiger partial charge on any atom is 0.256 e. The van der Waals surface area contributed by atoms with E-state index >= 15 is 0 Å². The summed E-state index contributed by atoms with van der Waals surface area (Å²) in [5.41, 5.74) is 5.57. The van der Waals surface area contributed by atoms with Crippen LogP contribution >= 0.6 is 24.0 Å². The minimum atomic E-state index is -0.231. The maximum absolute atomic E-state index is 12.9. The van der Waals surface area contributed by atoms with Crippen molar-refractivity contribution in [2.24, 2.45) is 0 Å². The Morgan fingerprint density at radius 3 is 2.61 bits per heavy atom. The van der Waals surface area contributed by atoms with E-state index in [2.05, 4.69) is 76.4 Å². The van der Waals surface area contributed by atoms with Gasteiger partial charge in [0.1, 0.15) is 11.4 Å². The summed E-state index contributed by atoms with van der Waals surface area (Å²) in [6, 6.07) is 10.2. The number of halogens is 1. The monoisotopic (exact) mass is 629 g/mol. The Morgan fingerprint density at radius 1 is 1.13 bits per heavy atom. The van der Waals surface area contributed by atoms with Gasteiger partial charge in [0.25, 0.3) is 5.91 Å². The lowest BCUT2D eigenvalue weighted by atomic mass is 9.91. The molecule has 1 aromatic carbocycles. The zero-order valence-corrected chi connectivity index (χ0v) is 25.2. The quantitative estimate of drug-likeness (QED) is 0.202. The van der Waals surface area contributed by atoms with Crippen molar-refractivity contribution in [1.29, 1.82) is 0 Å². The van der Waals surface area contributed by atoms with Crippen LogP contribution in [0.2, 0.25) is 0 Å². The normalized spacial score (nSPS) is 13.3. The summed E-state index contributed by atoms with van der Waals surface area (Å²) in [6.07, 6.45) is 6.29. The molecule has 0 fully saturated rings. The van der Waals surface area contributed by atoms with E-state index in [0.29, 0.717) is 17.3 Å². The largest absolute Gasteiger partial charge is 0.350 e. The molecule has 4 rings (SSSR count). The lowest BCUT2D eigenvalue weighted by Crippen LogP contribution is -2.31. The number of amides is 1. The number of carbonyl (C=O) groups is 1. The van der Waals surface area contributed by atoms with E-state index in [-0.39, 0.29) is 42.8 Å². The number of nitrogens with zero attached hydrogens (tertiary/aromatic N) is 4. The second-order valence-corrected chi connectivity index (χ2v) is 10.8. The van der Waals surface area contributed by atoms with E-state index in [9.17, 15) is 4.79 Å². The molecule has 0 bridgehead atoms. The molecule has 0 unspecified atom stereocenters. The Balaban J connectivity index is 0.00000267. The molecule has 0 atom stereocenters. The fourth-order valence-electron chi connectivity index (χ4n) is 4.26. The summed E-state index contributed by atoms with van der Waals surface area (Å²) in [5, 5.41) is 9.59. The second kappa shape index (κ2) is 12.7. The number of nitrogens with one attached hydrogen (secondary N) is 3. The molecule has 38 heavy (non-hydrogen) atoms. The van der Waals surface area contributed by atoms with Gasteiger partial charge in [-0.1, -0.05) is 32.9 Å². The lowest BCUT2D eigenvalue weighted by molar-refractivity contribution is 0.0943. The molecule has 3 N–H and O–H groups in total. The van der Waals surface area contributed by atoms with Crippen molar-refractivity contribution < 1.29 is 6.22 Å². The van der Waals surface area contributed by atoms with Crippen molar-refractivity contribution in [2.45, 2.75) is 59.0 Å². The zero-order chi connectivity index (χ0) is 26.6. The van der Waals surface area contributed by atoms with Gasteiger partial charge in [-0.05, 0) is 55.7 Å². The SMILES string of the molecule is C=CCN1CCc2ccc(Nc3ncc(C(=O)NC(C)C)c(Nc4ccnc(C(C)(C)C)c4)n3)cc2C1.I.[HH]. The van der Waals surface area contributed by atoms with Crippen LogP contribution in [-0.2, 0) is 18.4 Å². The molecular weight excluding hydrogens is 589 g/mol. The smallest absolute Gasteiger partial charge is 0.256 e. The number of fused-ring (bicyclic) bond motifs is 1. The highest BCUT2D eigenvalue weighted by molar-refractivity contribution is 14.0. The lowest BCUT2D eigenvalue weighted by Gasteiger charge is -2.28. The van der Waals surface area contributed by atoms with Gasteiger partial charge >= 0.3 is 0 Å². The predicted molar refractivity (Wildman–Crippen MR) is 167 cm³/mol. The Morgan fingerprint density at radius 2 is 1.89 bits per heavy atom. The van der Waals surface area contributed by atoms with Crippen LogP contribution in [0.4, 0.5) is 23.1 Å². The topological polar surface area (TPSA) is 95.1 Å². The van der Waals surface area contributed by atoms with E-state index in [1.807, 2.05) is 32.1 Å². The third-order valence-corrected chi connectivity index (χ3v) is 6.19. The Hall–Kier alpha value is -3.05. The molecule has 1 aliphatic heterocycles. The minimum Gasteiger partial charge on any atom is -0.350 e. The van der Waals surface area contributed by atoms with E-state index in [1.54, 1.807) is 12.4 Å². The van der Waals surface area contributed by atoms with Crippen molar-refractivity contribution in [1.82, 2.24) is 25.2 Å². The van der Waals surface area contributed by atoms with Gasteiger partial charge in [0.2, 0.25) is 5.95 Å². The van der Waals surface area contributed by atoms with Crippen molar-refractivity contribution >= 4 is 53.0 Å². The first-order chi connectivity index (χ1) is 17.6. The average molecular weight is 630 g/mol. The van der Waals surface area contributed by atoms with Crippen LogP contribution in [0, 0.1) is 0 Å². The fourth-order valence-corrected chi connectivity index (χ4v) is 4.26. The van der Waals surface area contributed by atoms with Crippen LogP contribution in [0.1, 0.15) is 63.2 Å². The van der Waals surface area contributed by atoms with Gasteiger partial charge in [0, 0.05) is 62.0 Å². The molecule has 0 spiro atoms. The van der Waals surface area contributed by atoms with Crippen molar-refractivity contribution in [3.8, 4) is 0 Å². The zero-order valence-electron chi connectivity index (χ0n) is 22.8. The molecule has 3 heterocycles. The minimum absolute atomic E-state index is 0. The van der Waals surface area contributed by atoms with Crippen LogP contribution in [0.15, 0.2) is 55.4 Å². The van der Waals surface area contributed by atoms with Gasteiger partial charge < -0.3 is 16.0 Å². The van der Waals surface area contributed by atoms with E-state index < -0.39 is 0 Å². The standard InChI is InChI=1S/C29H37N7O.HI.H2/c1-7-13-36-14-11-20-8-9-22(15-21(20)18-36)34-28-31-17-24(27(37)32-19(2)3)26(35-28)33-23-10-12-30-25(16-23)29(4,5)6;;/h7-10,12,15-17,19H,1,11,13-14,18H2,2-6H3,(H,32,37)(H2,30,31,33,34,35);2*1H. The van der Waals surface area contributed by atoms with Crippen LogP contribution in [0.3, 0.4) is 0 Å². The van der Waals surface area contributed by atoms with Gasteiger partial charge in [0.05, 0.1) is 0 Å².